The molecule has 2 unspecified atom stereocenters. The van der Waals surface area contributed by atoms with Crippen LogP contribution in [0.4, 0.5) is 0 Å². The molecule has 0 bridgehead atoms. The van der Waals surface area contributed by atoms with Crippen LogP contribution in [0, 0.1) is 0 Å². The first kappa shape index (κ1) is 17.3. The second-order valence-electron chi connectivity index (χ2n) is 7.47. The van der Waals surface area contributed by atoms with E-state index < -0.39 is 17.6 Å². The maximum absolute atomic E-state index is 12.1. The molecule has 1 amide bonds. The molecule has 1 spiro atoms. The zero-order valence-corrected chi connectivity index (χ0v) is 15.6. The summed E-state index contributed by atoms with van der Waals surface area (Å²) < 4.78 is 4.87. The van der Waals surface area contributed by atoms with Crippen LogP contribution in [0.3, 0.4) is 0 Å². The van der Waals surface area contributed by atoms with E-state index in [4.69, 9.17) is 21.2 Å². The Morgan fingerprint density at radius 3 is 2.58 bits per heavy atom. The summed E-state index contributed by atoms with van der Waals surface area (Å²) in [6.07, 6.45) is 3.06. The topological polar surface area (TPSA) is 68.2 Å². The quantitative estimate of drug-likeness (QED) is 0.760. The molecule has 1 aliphatic carbocycles. The van der Waals surface area contributed by atoms with E-state index in [1.54, 1.807) is 0 Å². The Morgan fingerprint density at radius 2 is 2.00 bits per heavy atom. The number of nitrogens with zero attached hydrogens (tertiary/aromatic N) is 2. The Bertz CT molecular complexity index is 787. The molecule has 138 valence electrons. The molecule has 3 aliphatic rings. The lowest BCUT2D eigenvalue weighted by Crippen LogP contribution is -2.40. The molecule has 1 aromatic rings. The van der Waals surface area contributed by atoms with Crippen LogP contribution < -0.4 is 0 Å². The van der Waals surface area contributed by atoms with Crippen molar-refractivity contribution in [3.05, 3.63) is 34.9 Å². The maximum atomic E-state index is 12.1. The molecule has 0 radical (unpaired) electrons. The van der Waals surface area contributed by atoms with Crippen molar-refractivity contribution >= 4 is 29.2 Å². The Kier molecular flexibility index (Phi) is 3.99. The number of methoxy groups -OCH3 is 1. The molecular weight excluding hydrogens is 356 g/mol. The standard InChI is InChI=1S/C19H21ClN2O4/c1-12(23)22-11-18(9-15(22)17(24)25-2)10-16(21-26-18)19(7-8-19)13-3-5-14(20)6-4-13/h3-6,15H,7-11H2,1-2H3. The van der Waals surface area contributed by atoms with E-state index >= 15 is 0 Å². The van der Waals surface area contributed by atoms with Crippen LogP contribution in [0.1, 0.15) is 38.2 Å². The van der Waals surface area contributed by atoms with Gasteiger partial charge in [0.25, 0.3) is 0 Å². The number of halogens is 1. The zero-order chi connectivity index (χ0) is 18.5. The molecule has 2 aliphatic heterocycles. The van der Waals surface area contributed by atoms with Crippen LogP contribution in [-0.2, 0) is 24.6 Å². The molecule has 0 aromatic heterocycles. The minimum Gasteiger partial charge on any atom is -0.467 e. The molecule has 2 heterocycles. The highest BCUT2D eigenvalue weighted by Gasteiger charge is 2.59. The number of ether oxygens (including phenoxy) is 1. The van der Waals surface area contributed by atoms with Crippen molar-refractivity contribution in [2.45, 2.75) is 49.7 Å². The van der Waals surface area contributed by atoms with Gasteiger partial charge in [-0.2, -0.15) is 0 Å². The average Bonchev–Trinajstić information content (AvgIpc) is 3.19. The van der Waals surface area contributed by atoms with Gasteiger partial charge in [0, 0.05) is 30.2 Å². The first-order chi connectivity index (χ1) is 12.4. The van der Waals surface area contributed by atoms with Crippen LogP contribution in [0.15, 0.2) is 29.4 Å². The molecule has 26 heavy (non-hydrogen) atoms. The van der Waals surface area contributed by atoms with Crippen molar-refractivity contribution in [2.24, 2.45) is 5.16 Å². The number of carbonyl (C=O) groups excluding carboxylic acids is 2. The van der Waals surface area contributed by atoms with Gasteiger partial charge >= 0.3 is 5.97 Å². The third kappa shape index (κ3) is 2.67. The van der Waals surface area contributed by atoms with Crippen molar-refractivity contribution in [3.8, 4) is 0 Å². The van der Waals surface area contributed by atoms with Crippen LogP contribution >= 0.6 is 11.6 Å². The largest absolute Gasteiger partial charge is 0.467 e. The highest BCUT2D eigenvalue weighted by Crippen LogP contribution is 2.54. The van der Waals surface area contributed by atoms with E-state index in [1.807, 2.05) is 24.3 Å². The summed E-state index contributed by atoms with van der Waals surface area (Å²) in [7, 11) is 1.34. The molecule has 1 aromatic carbocycles. The molecule has 2 fully saturated rings. The number of esters is 1. The molecule has 6 nitrogen and oxygen atoms in total. The second-order valence-corrected chi connectivity index (χ2v) is 7.90. The van der Waals surface area contributed by atoms with Crippen LogP contribution in [0.2, 0.25) is 5.02 Å². The van der Waals surface area contributed by atoms with Gasteiger partial charge in [-0.15, -0.1) is 0 Å². The lowest BCUT2D eigenvalue weighted by molar-refractivity contribution is -0.150. The summed E-state index contributed by atoms with van der Waals surface area (Å²) in [4.78, 5) is 31.5. The van der Waals surface area contributed by atoms with E-state index in [0.717, 1.165) is 18.6 Å². The number of amides is 1. The number of rotatable bonds is 3. The smallest absolute Gasteiger partial charge is 0.328 e. The van der Waals surface area contributed by atoms with Crippen LogP contribution in [0.25, 0.3) is 0 Å². The van der Waals surface area contributed by atoms with Crippen molar-refractivity contribution < 1.29 is 19.2 Å². The SMILES string of the molecule is COC(=O)C1CC2(CC(C3(c4ccc(Cl)cc4)CC3)=NO2)CN1C(C)=O. The highest BCUT2D eigenvalue weighted by molar-refractivity contribution is 6.30. The second kappa shape index (κ2) is 5.98. The van der Waals surface area contributed by atoms with Gasteiger partial charge in [0.2, 0.25) is 5.91 Å². The number of hydrogen-bond acceptors (Lipinski definition) is 5. The van der Waals surface area contributed by atoms with Crippen molar-refractivity contribution in [1.29, 1.82) is 0 Å². The normalized spacial score (nSPS) is 28.7. The van der Waals surface area contributed by atoms with E-state index in [1.165, 1.54) is 24.5 Å². The van der Waals surface area contributed by atoms with Crippen molar-refractivity contribution in [2.75, 3.05) is 13.7 Å². The maximum Gasteiger partial charge on any atom is 0.328 e. The fraction of sp³-hybridized carbons (Fsp3) is 0.526. The third-order valence-electron chi connectivity index (χ3n) is 5.82. The fourth-order valence-corrected chi connectivity index (χ4v) is 4.36. The molecule has 1 saturated heterocycles. The molecule has 7 heteroatoms. The number of benzene rings is 1. The summed E-state index contributed by atoms with van der Waals surface area (Å²) in [6, 6.07) is 7.25. The third-order valence-corrected chi connectivity index (χ3v) is 6.07. The van der Waals surface area contributed by atoms with Gasteiger partial charge in [-0.1, -0.05) is 28.9 Å². The zero-order valence-electron chi connectivity index (χ0n) is 14.8. The summed E-state index contributed by atoms with van der Waals surface area (Å²) in [5.41, 5.74) is 1.45. The minimum absolute atomic E-state index is 0.0987. The van der Waals surface area contributed by atoms with Crippen LogP contribution in [-0.4, -0.2) is 47.8 Å². The number of carbonyl (C=O) groups is 2. The Morgan fingerprint density at radius 1 is 1.31 bits per heavy atom. The van der Waals surface area contributed by atoms with Gasteiger partial charge in [0.05, 0.1) is 19.4 Å². The van der Waals surface area contributed by atoms with Crippen LogP contribution in [0.5, 0.6) is 0 Å². The number of oxime groups is 1. The van der Waals surface area contributed by atoms with Gasteiger partial charge in [0.15, 0.2) is 5.60 Å². The van der Waals surface area contributed by atoms with Crippen molar-refractivity contribution in [1.82, 2.24) is 4.90 Å². The van der Waals surface area contributed by atoms with Gasteiger partial charge in [-0.25, -0.2) is 4.79 Å². The van der Waals surface area contributed by atoms with E-state index in [9.17, 15) is 9.59 Å². The minimum atomic E-state index is -0.637. The monoisotopic (exact) mass is 376 g/mol. The predicted octanol–water partition coefficient (Wildman–Crippen LogP) is 2.68. The van der Waals surface area contributed by atoms with Gasteiger partial charge < -0.3 is 14.5 Å². The number of hydrogen-bond donors (Lipinski definition) is 0. The first-order valence-electron chi connectivity index (χ1n) is 8.76. The van der Waals surface area contributed by atoms with E-state index in [2.05, 4.69) is 5.16 Å². The predicted molar refractivity (Wildman–Crippen MR) is 96.0 cm³/mol. The van der Waals surface area contributed by atoms with Gasteiger partial charge in [-0.3, -0.25) is 4.79 Å². The summed E-state index contributed by atoms with van der Waals surface area (Å²) in [5, 5.41) is 5.12. The molecule has 4 rings (SSSR count). The van der Waals surface area contributed by atoms with Gasteiger partial charge in [-0.05, 0) is 30.5 Å². The van der Waals surface area contributed by atoms with E-state index in [0.29, 0.717) is 24.4 Å². The van der Waals surface area contributed by atoms with Gasteiger partial charge in [0.1, 0.15) is 6.04 Å². The molecule has 0 N–H and O–H groups in total. The molecular formula is C19H21ClN2O4. The summed E-state index contributed by atoms with van der Waals surface area (Å²) in [5.74, 6) is -0.568. The Balaban J connectivity index is 1.55. The summed E-state index contributed by atoms with van der Waals surface area (Å²) >= 11 is 6.01. The Labute approximate surface area is 157 Å². The fourth-order valence-electron chi connectivity index (χ4n) is 4.24. The van der Waals surface area contributed by atoms with E-state index in [-0.39, 0.29) is 11.3 Å². The molecule has 2 atom stereocenters. The average molecular weight is 377 g/mol. The van der Waals surface area contributed by atoms with Crippen molar-refractivity contribution in [3.63, 3.8) is 0 Å². The Hall–Kier alpha value is -2.08. The highest BCUT2D eigenvalue weighted by atomic mass is 35.5. The first-order valence-corrected chi connectivity index (χ1v) is 9.14. The lowest BCUT2D eigenvalue weighted by Gasteiger charge is -2.22. The molecule has 1 saturated carbocycles. The number of likely N-dealkylation sites (tertiary alicyclic amines) is 1. The lowest BCUT2D eigenvalue weighted by atomic mass is 9.83. The summed E-state index contributed by atoms with van der Waals surface area (Å²) in [6.45, 7) is 1.81.